The van der Waals surface area contributed by atoms with E-state index in [2.05, 4.69) is 15.5 Å². The molecular weight excluding hydrogens is 320 g/mol. The molecule has 7 nitrogen and oxygen atoms in total. The van der Waals surface area contributed by atoms with Gasteiger partial charge in [-0.15, -0.1) is 5.10 Å². The first-order valence-electron chi connectivity index (χ1n) is 9.20. The number of carbonyl (C=O) groups excluding carboxylic acids is 1. The molecule has 0 bridgehead atoms. The summed E-state index contributed by atoms with van der Waals surface area (Å²) in [6.07, 6.45) is 3.67. The van der Waals surface area contributed by atoms with Crippen LogP contribution in [0.15, 0.2) is 12.1 Å². The second-order valence-corrected chi connectivity index (χ2v) is 6.91. The van der Waals surface area contributed by atoms with Crippen molar-refractivity contribution in [2.75, 3.05) is 31.6 Å². The number of aromatic nitrogens is 2. The molecule has 2 fully saturated rings. The van der Waals surface area contributed by atoms with Gasteiger partial charge in [0.25, 0.3) is 5.91 Å². The summed E-state index contributed by atoms with van der Waals surface area (Å²) in [5.74, 6) is 0.871. The molecule has 2 saturated heterocycles. The van der Waals surface area contributed by atoms with Crippen LogP contribution in [0.4, 0.5) is 5.82 Å². The minimum absolute atomic E-state index is 0.0755. The molecule has 2 aliphatic rings. The Balaban J connectivity index is 1.39. The number of amides is 1. The van der Waals surface area contributed by atoms with Crippen LogP contribution in [0.2, 0.25) is 0 Å². The highest BCUT2D eigenvalue weighted by molar-refractivity contribution is 5.80. The fourth-order valence-electron chi connectivity index (χ4n) is 3.29. The molecule has 0 aromatic carbocycles. The van der Waals surface area contributed by atoms with Gasteiger partial charge in [0.2, 0.25) is 0 Å². The number of anilines is 1. The lowest BCUT2D eigenvalue weighted by Crippen LogP contribution is -2.46. The Hall–Kier alpha value is -1.73. The van der Waals surface area contributed by atoms with E-state index >= 15 is 0 Å². The Morgan fingerprint density at radius 3 is 2.80 bits per heavy atom. The van der Waals surface area contributed by atoms with Crippen LogP contribution < -0.4 is 5.32 Å². The van der Waals surface area contributed by atoms with Gasteiger partial charge in [0.05, 0.1) is 18.4 Å². The third-order valence-electron chi connectivity index (χ3n) is 4.86. The third kappa shape index (κ3) is 5.12. The van der Waals surface area contributed by atoms with Gasteiger partial charge < -0.3 is 19.7 Å². The fraction of sp³-hybridized carbons (Fsp3) is 0.722. The topological polar surface area (TPSA) is 76.6 Å². The molecule has 3 heterocycles. The summed E-state index contributed by atoms with van der Waals surface area (Å²) in [4.78, 5) is 14.4. The number of likely N-dealkylation sites (tertiary alicyclic amines) is 1. The maximum absolute atomic E-state index is 12.5. The largest absolute Gasteiger partial charge is 0.376 e. The molecule has 25 heavy (non-hydrogen) atoms. The number of carbonyl (C=O) groups is 1. The van der Waals surface area contributed by atoms with Gasteiger partial charge >= 0.3 is 0 Å². The number of hydrogen-bond acceptors (Lipinski definition) is 6. The van der Waals surface area contributed by atoms with Crippen molar-refractivity contribution in [1.82, 2.24) is 15.1 Å². The molecule has 0 aliphatic carbocycles. The minimum Gasteiger partial charge on any atom is -0.376 e. The van der Waals surface area contributed by atoms with E-state index in [0.29, 0.717) is 12.6 Å². The van der Waals surface area contributed by atoms with Crippen LogP contribution in [-0.2, 0) is 14.3 Å². The Labute approximate surface area is 149 Å². The summed E-state index contributed by atoms with van der Waals surface area (Å²) in [6.45, 7) is 6.55. The van der Waals surface area contributed by atoms with Crippen molar-refractivity contribution in [3.05, 3.63) is 17.8 Å². The first kappa shape index (κ1) is 18.1. The summed E-state index contributed by atoms with van der Waals surface area (Å²) in [6, 6.07) is 4.21. The molecule has 1 amide bonds. The monoisotopic (exact) mass is 348 g/mol. The molecule has 0 radical (unpaired) electrons. The highest BCUT2D eigenvalue weighted by Gasteiger charge is 2.27. The van der Waals surface area contributed by atoms with E-state index in [0.717, 1.165) is 56.9 Å². The number of nitrogens with zero attached hydrogens (tertiary/aromatic N) is 3. The second kappa shape index (κ2) is 8.58. The molecule has 7 heteroatoms. The lowest BCUT2D eigenvalue weighted by Gasteiger charge is -2.34. The maximum Gasteiger partial charge on any atom is 0.251 e. The lowest BCUT2D eigenvalue weighted by molar-refractivity contribution is -0.145. The van der Waals surface area contributed by atoms with Crippen LogP contribution in [0, 0.1) is 6.92 Å². The van der Waals surface area contributed by atoms with Crippen LogP contribution >= 0.6 is 0 Å². The fourth-order valence-corrected chi connectivity index (χ4v) is 3.29. The third-order valence-corrected chi connectivity index (χ3v) is 4.86. The molecule has 1 N–H and O–H groups in total. The number of ether oxygens (including phenoxy) is 2. The van der Waals surface area contributed by atoms with Gasteiger partial charge in [-0.05, 0) is 51.7 Å². The summed E-state index contributed by atoms with van der Waals surface area (Å²) in [5.41, 5.74) is 0.906. The molecule has 1 aromatic rings. The number of nitrogens with one attached hydrogen (secondary N) is 1. The predicted octanol–water partition coefficient (Wildman–Crippen LogP) is 1.77. The summed E-state index contributed by atoms with van der Waals surface area (Å²) in [7, 11) is 0. The molecule has 3 rings (SSSR count). The van der Waals surface area contributed by atoms with Crippen LogP contribution in [0.5, 0.6) is 0 Å². The van der Waals surface area contributed by atoms with Crippen molar-refractivity contribution in [1.29, 1.82) is 0 Å². The van der Waals surface area contributed by atoms with Gasteiger partial charge in [-0.2, -0.15) is 5.10 Å². The zero-order valence-electron chi connectivity index (χ0n) is 15.1. The van der Waals surface area contributed by atoms with Crippen molar-refractivity contribution < 1.29 is 14.3 Å². The van der Waals surface area contributed by atoms with E-state index in [1.54, 1.807) is 0 Å². The van der Waals surface area contributed by atoms with Gasteiger partial charge in [-0.25, -0.2) is 0 Å². The Kier molecular flexibility index (Phi) is 6.20. The molecule has 1 aromatic heterocycles. The van der Waals surface area contributed by atoms with E-state index in [1.165, 1.54) is 0 Å². The van der Waals surface area contributed by atoms with E-state index in [1.807, 2.05) is 30.9 Å². The highest BCUT2D eigenvalue weighted by atomic mass is 16.5. The normalized spacial score (nSPS) is 22.8. The minimum atomic E-state index is -0.406. The predicted molar refractivity (Wildman–Crippen MR) is 94.4 cm³/mol. The Morgan fingerprint density at radius 1 is 1.36 bits per heavy atom. The van der Waals surface area contributed by atoms with Gasteiger partial charge in [0.15, 0.2) is 0 Å². The van der Waals surface area contributed by atoms with Gasteiger partial charge in [0, 0.05) is 25.7 Å². The van der Waals surface area contributed by atoms with Crippen LogP contribution in [-0.4, -0.2) is 65.6 Å². The number of piperidine rings is 1. The average Bonchev–Trinajstić information content (AvgIpc) is 3.15. The smallest absolute Gasteiger partial charge is 0.251 e. The van der Waals surface area contributed by atoms with Crippen molar-refractivity contribution >= 4 is 11.7 Å². The van der Waals surface area contributed by atoms with Crippen molar-refractivity contribution in [3.8, 4) is 0 Å². The zero-order chi connectivity index (χ0) is 17.6. The number of rotatable bonds is 6. The summed E-state index contributed by atoms with van der Waals surface area (Å²) >= 11 is 0. The molecule has 0 spiro atoms. The number of hydrogen-bond donors (Lipinski definition) is 1. The van der Waals surface area contributed by atoms with Crippen molar-refractivity contribution in [3.63, 3.8) is 0 Å². The van der Waals surface area contributed by atoms with E-state index < -0.39 is 6.10 Å². The van der Waals surface area contributed by atoms with Crippen LogP contribution in [0.25, 0.3) is 0 Å². The molecule has 138 valence electrons. The first-order valence-corrected chi connectivity index (χ1v) is 9.20. The van der Waals surface area contributed by atoms with Gasteiger partial charge in [-0.3, -0.25) is 4.79 Å². The van der Waals surface area contributed by atoms with E-state index in [4.69, 9.17) is 9.47 Å². The standard InChI is InChI=1S/C18H28N4O3/c1-13-5-6-17(21-20-13)19-15-7-9-22(10-8-15)18(23)14(2)25-12-16-4-3-11-24-16/h5-6,14-16H,3-4,7-12H2,1-2H3,(H,19,21). The Morgan fingerprint density at radius 2 is 2.16 bits per heavy atom. The molecular formula is C18H28N4O3. The first-order chi connectivity index (χ1) is 12.1. The van der Waals surface area contributed by atoms with Crippen LogP contribution in [0.3, 0.4) is 0 Å². The second-order valence-electron chi connectivity index (χ2n) is 6.91. The average molecular weight is 348 g/mol. The zero-order valence-corrected chi connectivity index (χ0v) is 15.1. The highest BCUT2D eigenvalue weighted by Crippen LogP contribution is 2.17. The van der Waals surface area contributed by atoms with Gasteiger partial charge in [0.1, 0.15) is 11.9 Å². The van der Waals surface area contributed by atoms with E-state index in [9.17, 15) is 4.79 Å². The lowest BCUT2D eigenvalue weighted by atomic mass is 10.0. The summed E-state index contributed by atoms with van der Waals surface area (Å²) in [5, 5.41) is 11.6. The Bertz CT molecular complexity index is 552. The number of aryl methyl sites for hydroxylation is 1. The van der Waals surface area contributed by atoms with Crippen LogP contribution in [0.1, 0.15) is 38.3 Å². The quantitative estimate of drug-likeness (QED) is 0.844. The molecule has 2 aliphatic heterocycles. The van der Waals surface area contributed by atoms with Gasteiger partial charge in [-0.1, -0.05) is 0 Å². The molecule has 0 saturated carbocycles. The SMILES string of the molecule is Cc1ccc(NC2CCN(C(=O)C(C)OCC3CCCO3)CC2)nn1. The summed E-state index contributed by atoms with van der Waals surface area (Å²) < 4.78 is 11.3. The van der Waals surface area contributed by atoms with Crippen molar-refractivity contribution in [2.24, 2.45) is 0 Å². The van der Waals surface area contributed by atoms with Crippen molar-refractivity contribution in [2.45, 2.75) is 57.8 Å². The van der Waals surface area contributed by atoms with E-state index in [-0.39, 0.29) is 12.0 Å². The molecule has 2 unspecified atom stereocenters. The molecule has 2 atom stereocenters. The maximum atomic E-state index is 12.5.